The van der Waals surface area contributed by atoms with Crippen molar-refractivity contribution in [1.82, 2.24) is 0 Å². The molecule has 0 heterocycles. The average molecular weight is 238 g/mol. The molecule has 2 N–H and O–H groups in total. The fourth-order valence-electron chi connectivity index (χ4n) is 1.64. The van der Waals surface area contributed by atoms with Gasteiger partial charge in [-0.2, -0.15) is 0 Å². The summed E-state index contributed by atoms with van der Waals surface area (Å²) >= 11 is 0. The van der Waals surface area contributed by atoms with E-state index in [0.29, 0.717) is 0 Å². The van der Waals surface area contributed by atoms with Gasteiger partial charge >= 0.3 is 5.69 Å². The lowest BCUT2D eigenvalue weighted by Crippen LogP contribution is -2.18. The topological polar surface area (TPSA) is 78.4 Å². The van der Waals surface area contributed by atoms with Gasteiger partial charge in [0, 0.05) is 12.1 Å². The zero-order chi connectivity index (χ0) is 13.0. The van der Waals surface area contributed by atoms with E-state index in [9.17, 15) is 10.1 Å². The third-order valence-corrected chi connectivity index (χ3v) is 3.04. The molecular formula is C12H18N2O3. The lowest BCUT2D eigenvalue weighted by Gasteiger charge is -2.18. The molecule has 94 valence electrons. The van der Waals surface area contributed by atoms with Crippen molar-refractivity contribution >= 4 is 5.69 Å². The molecule has 5 heteroatoms. The molecule has 2 atom stereocenters. The zero-order valence-corrected chi connectivity index (χ0v) is 10.3. The molecule has 1 unspecified atom stereocenters. The van der Waals surface area contributed by atoms with Gasteiger partial charge < -0.3 is 10.5 Å². The van der Waals surface area contributed by atoms with Crippen molar-refractivity contribution in [1.29, 1.82) is 0 Å². The Bertz CT molecular complexity index is 407. The van der Waals surface area contributed by atoms with Crippen LogP contribution in [0.5, 0.6) is 5.75 Å². The molecule has 5 nitrogen and oxygen atoms in total. The van der Waals surface area contributed by atoms with Crippen LogP contribution in [0.4, 0.5) is 5.69 Å². The Labute approximate surface area is 101 Å². The molecule has 0 aromatic heterocycles. The second kappa shape index (κ2) is 5.63. The first-order chi connectivity index (χ1) is 8.01. The third kappa shape index (κ3) is 2.94. The number of methoxy groups -OCH3 is 1. The van der Waals surface area contributed by atoms with Gasteiger partial charge in [-0.25, -0.2) is 0 Å². The second-order valence-corrected chi connectivity index (χ2v) is 4.10. The Kier molecular flexibility index (Phi) is 4.45. The van der Waals surface area contributed by atoms with Crippen molar-refractivity contribution < 1.29 is 9.66 Å². The highest BCUT2D eigenvalue weighted by Gasteiger charge is 2.20. The van der Waals surface area contributed by atoms with E-state index >= 15 is 0 Å². The molecule has 1 aromatic carbocycles. The normalized spacial score (nSPS) is 14.1. The molecule has 0 saturated carbocycles. The van der Waals surface area contributed by atoms with Crippen LogP contribution in [0.25, 0.3) is 0 Å². The number of benzene rings is 1. The summed E-state index contributed by atoms with van der Waals surface area (Å²) in [5.74, 6) is 0.540. The van der Waals surface area contributed by atoms with Gasteiger partial charge in [-0.05, 0) is 17.5 Å². The third-order valence-electron chi connectivity index (χ3n) is 3.04. The largest absolute Gasteiger partial charge is 0.490 e. The van der Waals surface area contributed by atoms with E-state index < -0.39 is 4.92 Å². The standard InChI is InChI=1S/C12H18N2O3/c1-4-8(2)12(13)9-5-6-11(17-3)10(7-9)14(15)16/h5-8,12H,4,13H2,1-3H3/t8?,12-/m1/s1. The average Bonchev–Trinajstić information content (AvgIpc) is 2.35. The molecule has 17 heavy (non-hydrogen) atoms. The lowest BCUT2D eigenvalue weighted by molar-refractivity contribution is -0.385. The number of hydrogen-bond acceptors (Lipinski definition) is 4. The summed E-state index contributed by atoms with van der Waals surface area (Å²) in [5, 5.41) is 10.9. The molecule has 0 radical (unpaired) electrons. The number of nitro benzene ring substituents is 1. The van der Waals surface area contributed by atoms with E-state index in [1.807, 2.05) is 13.8 Å². The summed E-state index contributed by atoms with van der Waals surface area (Å²) in [6, 6.07) is 4.68. The maximum absolute atomic E-state index is 10.9. The van der Waals surface area contributed by atoms with E-state index in [2.05, 4.69) is 0 Å². The highest BCUT2D eigenvalue weighted by Crippen LogP contribution is 2.31. The van der Waals surface area contributed by atoms with Gasteiger partial charge in [-0.1, -0.05) is 26.3 Å². The molecule has 0 aliphatic carbocycles. The molecule has 0 amide bonds. The highest BCUT2D eigenvalue weighted by atomic mass is 16.6. The van der Waals surface area contributed by atoms with Crippen LogP contribution < -0.4 is 10.5 Å². The minimum Gasteiger partial charge on any atom is -0.490 e. The Morgan fingerprint density at radius 1 is 1.53 bits per heavy atom. The lowest BCUT2D eigenvalue weighted by atomic mass is 9.93. The molecule has 1 rings (SSSR count). The molecule has 0 fully saturated rings. The van der Waals surface area contributed by atoms with Gasteiger partial charge in [-0.15, -0.1) is 0 Å². The minimum atomic E-state index is -0.453. The van der Waals surface area contributed by atoms with Gasteiger partial charge in [0.05, 0.1) is 12.0 Å². The predicted molar refractivity (Wildman–Crippen MR) is 66.0 cm³/mol. The van der Waals surface area contributed by atoms with Gasteiger partial charge in [0.25, 0.3) is 0 Å². The monoisotopic (exact) mass is 238 g/mol. The molecule has 1 aromatic rings. The zero-order valence-electron chi connectivity index (χ0n) is 10.3. The number of nitro groups is 1. The molecule has 0 aliphatic heterocycles. The maximum atomic E-state index is 10.9. The number of rotatable bonds is 5. The fraction of sp³-hybridized carbons (Fsp3) is 0.500. The summed E-state index contributed by atoms with van der Waals surface area (Å²) in [6.07, 6.45) is 0.932. The Balaban J connectivity index is 3.12. The van der Waals surface area contributed by atoms with Crippen LogP contribution in [-0.2, 0) is 0 Å². The van der Waals surface area contributed by atoms with Crippen molar-refractivity contribution in [2.75, 3.05) is 7.11 Å². The molecule has 0 bridgehead atoms. The van der Waals surface area contributed by atoms with Crippen LogP contribution in [-0.4, -0.2) is 12.0 Å². The first kappa shape index (κ1) is 13.4. The SMILES string of the molecule is CCC(C)[C@@H](N)c1ccc(OC)c([N+](=O)[O-])c1. The van der Waals surface area contributed by atoms with Crippen LogP contribution in [0.1, 0.15) is 31.9 Å². The highest BCUT2D eigenvalue weighted by molar-refractivity contribution is 5.49. The smallest absolute Gasteiger partial charge is 0.311 e. The van der Waals surface area contributed by atoms with Crippen LogP contribution in [0.2, 0.25) is 0 Å². The van der Waals surface area contributed by atoms with E-state index in [-0.39, 0.29) is 23.4 Å². The van der Waals surface area contributed by atoms with Crippen molar-refractivity contribution in [2.45, 2.75) is 26.3 Å². The van der Waals surface area contributed by atoms with E-state index in [0.717, 1.165) is 12.0 Å². The first-order valence-corrected chi connectivity index (χ1v) is 5.59. The summed E-state index contributed by atoms with van der Waals surface area (Å²) in [5.41, 5.74) is 6.78. The minimum absolute atomic E-state index is 0.0382. The van der Waals surface area contributed by atoms with Gasteiger partial charge in [0.2, 0.25) is 0 Å². The molecule has 0 saturated heterocycles. The molecular weight excluding hydrogens is 220 g/mol. The number of nitrogens with two attached hydrogens (primary N) is 1. The fourth-order valence-corrected chi connectivity index (χ4v) is 1.64. The summed E-state index contributed by atoms with van der Waals surface area (Å²) in [4.78, 5) is 10.4. The van der Waals surface area contributed by atoms with Crippen molar-refractivity contribution in [3.05, 3.63) is 33.9 Å². The van der Waals surface area contributed by atoms with Crippen LogP contribution in [0, 0.1) is 16.0 Å². The summed E-state index contributed by atoms with van der Waals surface area (Å²) in [7, 11) is 1.41. The Morgan fingerprint density at radius 3 is 2.65 bits per heavy atom. The van der Waals surface area contributed by atoms with Crippen LogP contribution in [0.15, 0.2) is 18.2 Å². The molecule has 0 aliphatic rings. The van der Waals surface area contributed by atoms with Crippen LogP contribution in [0.3, 0.4) is 0 Å². The summed E-state index contributed by atoms with van der Waals surface area (Å²) in [6.45, 7) is 4.07. The van der Waals surface area contributed by atoms with E-state index in [1.54, 1.807) is 12.1 Å². The quantitative estimate of drug-likeness (QED) is 0.631. The van der Waals surface area contributed by atoms with Gasteiger partial charge in [-0.3, -0.25) is 10.1 Å². The van der Waals surface area contributed by atoms with Gasteiger partial charge in [0.15, 0.2) is 5.75 Å². The predicted octanol–water partition coefficient (Wildman–Crippen LogP) is 2.65. The number of nitrogens with zero attached hydrogens (tertiary/aromatic N) is 1. The second-order valence-electron chi connectivity index (χ2n) is 4.10. The van der Waals surface area contributed by atoms with E-state index in [1.165, 1.54) is 13.2 Å². The van der Waals surface area contributed by atoms with Crippen molar-refractivity contribution in [3.63, 3.8) is 0 Å². The Morgan fingerprint density at radius 2 is 2.18 bits per heavy atom. The Hall–Kier alpha value is -1.62. The van der Waals surface area contributed by atoms with Crippen molar-refractivity contribution in [3.8, 4) is 5.75 Å². The number of ether oxygens (including phenoxy) is 1. The maximum Gasteiger partial charge on any atom is 0.311 e. The van der Waals surface area contributed by atoms with Crippen LogP contribution >= 0.6 is 0 Å². The molecule has 0 spiro atoms. The van der Waals surface area contributed by atoms with Gasteiger partial charge in [0.1, 0.15) is 0 Å². The first-order valence-electron chi connectivity index (χ1n) is 5.59. The number of hydrogen-bond donors (Lipinski definition) is 1. The summed E-state index contributed by atoms with van der Waals surface area (Å²) < 4.78 is 4.95. The van der Waals surface area contributed by atoms with E-state index in [4.69, 9.17) is 10.5 Å². The van der Waals surface area contributed by atoms with Crippen molar-refractivity contribution in [2.24, 2.45) is 11.7 Å².